The van der Waals surface area contributed by atoms with Crippen LogP contribution >= 0.6 is 0 Å². The maximum atomic E-state index is 3.73. The smallest absolute Gasteiger partial charge is 0.00674 e. The summed E-state index contributed by atoms with van der Waals surface area (Å²) in [6.07, 6.45) is 9.45. The summed E-state index contributed by atoms with van der Waals surface area (Å²) in [6.45, 7) is 3.49. The Morgan fingerprint density at radius 2 is 1.72 bits per heavy atom. The number of benzene rings is 1. The van der Waals surface area contributed by atoms with Gasteiger partial charge in [0, 0.05) is 6.04 Å². The SMILES string of the molecule is CCCCCNC1CCC(c2ccccc2)CC1. The average molecular weight is 245 g/mol. The molecule has 1 aromatic rings. The van der Waals surface area contributed by atoms with Crippen LogP contribution in [-0.4, -0.2) is 12.6 Å². The Hall–Kier alpha value is -0.820. The van der Waals surface area contributed by atoms with Crippen molar-refractivity contribution < 1.29 is 0 Å². The van der Waals surface area contributed by atoms with E-state index in [4.69, 9.17) is 0 Å². The van der Waals surface area contributed by atoms with Gasteiger partial charge < -0.3 is 5.32 Å². The predicted octanol–water partition coefficient (Wildman–Crippen LogP) is 4.49. The van der Waals surface area contributed by atoms with Crippen LogP contribution in [-0.2, 0) is 0 Å². The van der Waals surface area contributed by atoms with Gasteiger partial charge in [-0.05, 0) is 50.1 Å². The van der Waals surface area contributed by atoms with Gasteiger partial charge >= 0.3 is 0 Å². The molecule has 1 aromatic carbocycles. The van der Waals surface area contributed by atoms with Crippen LogP contribution in [0.15, 0.2) is 30.3 Å². The van der Waals surface area contributed by atoms with Crippen LogP contribution in [0, 0.1) is 0 Å². The fourth-order valence-electron chi connectivity index (χ4n) is 3.04. The molecule has 2 rings (SSSR count). The highest BCUT2D eigenvalue weighted by molar-refractivity contribution is 5.20. The minimum atomic E-state index is 0.779. The Balaban J connectivity index is 1.68. The van der Waals surface area contributed by atoms with Gasteiger partial charge in [0.2, 0.25) is 0 Å². The predicted molar refractivity (Wildman–Crippen MR) is 79.0 cm³/mol. The molecule has 1 fully saturated rings. The lowest BCUT2D eigenvalue weighted by atomic mass is 9.82. The zero-order chi connectivity index (χ0) is 12.6. The first-order valence-electron chi connectivity index (χ1n) is 7.68. The lowest BCUT2D eigenvalue weighted by molar-refractivity contribution is 0.341. The van der Waals surface area contributed by atoms with Gasteiger partial charge in [-0.15, -0.1) is 0 Å². The number of hydrogen-bond donors (Lipinski definition) is 1. The number of nitrogens with one attached hydrogen (secondary N) is 1. The highest BCUT2D eigenvalue weighted by Crippen LogP contribution is 2.32. The molecule has 1 N–H and O–H groups in total. The molecule has 100 valence electrons. The Morgan fingerprint density at radius 3 is 2.39 bits per heavy atom. The number of unbranched alkanes of at least 4 members (excludes halogenated alkanes) is 2. The summed E-state index contributed by atoms with van der Waals surface area (Å²) in [5.74, 6) is 0.805. The van der Waals surface area contributed by atoms with Crippen molar-refractivity contribution in [3.8, 4) is 0 Å². The number of rotatable bonds is 6. The van der Waals surface area contributed by atoms with Gasteiger partial charge in [0.25, 0.3) is 0 Å². The first kappa shape index (κ1) is 13.6. The van der Waals surface area contributed by atoms with E-state index in [9.17, 15) is 0 Å². The van der Waals surface area contributed by atoms with Crippen molar-refractivity contribution in [2.75, 3.05) is 6.54 Å². The van der Waals surface area contributed by atoms with Gasteiger partial charge in [-0.25, -0.2) is 0 Å². The van der Waals surface area contributed by atoms with Crippen LogP contribution in [0.5, 0.6) is 0 Å². The van der Waals surface area contributed by atoms with E-state index >= 15 is 0 Å². The van der Waals surface area contributed by atoms with Gasteiger partial charge in [-0.2, -0.15) is 0 Å². The molecule has 0 radical (unpaired) electrons. The highest BCUT2D eigenvalue weighted by atomic mass is 14.9. The second kappa shape index (κ2) is 7.58. The molecule has 0 amide bonds. The second-order valence-electron chi connectivity index (χ2n) is 5.62. The maximum Gasteiger partial charge on any atom is 0.00674 e. The van der Waals surface area contributed by atoms with E-state index in [1.165, 1.54) is 51.5 Å². The molecule has 0 atom stereocenters. The van der Waals surface area contributed by atoms with Crippen LogP contribution in [0.4, 0.5) is 0 Å². The van der Waals surface area contributed by atoms with Crippen molar-refractivity contribution in [3.05, 3.63) is 35.9 Å². The fourth-order valence-corrected chi connectivity index (χ4v) is 3.04. The van der Waals surface area contributed by atoms with E-state index in [0.717, 1.165) is 12.0 Å². The first-order chi connectivity index (χ1) is 8.90. The second-order valence-corrected chi connectivity index (χ2v) is 5.62. The standard InChI is InChI=1S/C17H27N/c1-2-3-7-14-18-17-12-10-16(11-13-17)15-8-5-4-6-9-15/h4-6,8-9,16-18H,2-3,7,10-14H2,1H3. The van der Waals surface area contributed by atoms with Gasteiger partial charge in [0.05, 0.1) is 0 Å². The minimum Gasteiger partial charge on any atom is -0.314 e. The lowest BCUT2D eigenvalue weighted by Crippen LogP contribution is -2.33. The monoisotopic (exact) mass is 245 g/mol. The molecule has 0 bridgehead atoms. The van der Waals surface area contributed by atoms with E-state index in [1.54, 1.807) is 5.56 Å². The van der Waals surface area contributed by atoms with Gasteiger partial charge in [0.1, 0.15) is 0 Å². The summed E-state index contributed by atoms with van der Waals surface area (Å²) in [5.41, 5.74) is 1.54. The third-order valence-electron chi connectivity index (χ3n) is 4.21. The van der Waals surface area contributed by atoms with Crippen LogP contribution in [0.2, 0.25) is 0 Å². The summed E-state index contributed by atoms with van der Waals surface area (Å²) in [4.78, 5) is 0. The van der Waals surface area contributed by atoms with Gasteiger partial charge in [-0.3, -0.25) is 0 Å². The first-order valence-corrected chi connectivity index (χ1v) is 7.68. The largest absolute Gasteiger partial charge is 0.314 e. The summed E-state index contributed by atoms with van der Waals surface area (Å²) in [5, 5.41) is 3.73. The molecule has 0 aromatic heterocycles. The maximum absolute atomic E-state index is 3.73. The Bertz CT molecular complexity index is 312. The fraction of sp³-hybridized carbons (Fsp3) is 0.647. The molecule has 1 aliphatic rings. The third-order valence-corrected chi connectivity index (χ3v) is 4.21. The van der Waals surface area contributed by atoms with Crippen LogP contribution < -0.4 is 5.32 Å². The average Bonchev–Trinajstić information content (AvgIpc) is 2.45. The van der Waals surface area contributed by atoms with Crippen molar-refractivity contribution in [1.82, 2.24) is 5.32 Å². The Labute approximate surface area is 112 Å². The third kappa shape index (κ3) is 4.13. The number of hydrogen-bond acceptors (Lipinski definition) is 1. The van der Waals surface area contributed by atoms with Crippen molar-refractivity contribution in [3.63, 3.8) is 0 Å². The quantitative estimate of drug-likeness (QED) is 0.728. The molecular weight excluding hydrogens is 218 g/mol. The molecular formula is C17H27N. The Morgan fingerprint density at radius 1 is 1.00 bits per heavy atom. The van der Waals surface area contributed by atoms with Gasteiger partial charge in [-0.1, -0.05) is 50.1 Å². The van der Waals surface area contributed by atoms with Gasteiger partial charge in [0.15, 0.2) is 0 Å². The normalized spacial score (nSPS) is 24.1. The molecule has 0 saturated heterocycles. The summed E-state index contributed by atoms with van der Waals surface area (Å²) < 4.78 is 0. The van der Waals surface area contributed by atoms with E-state index in [1.807, 2.05) is 0 Å². The highest BCUT2D eigenvalue weighted by Gasteiger charge is 2.21. The van der Waals surface area contributed by atoms with E-state index in [-0.39, 0.29) is 0 Å². The summed E-state index contributed by atoms with van der Waals surface area (Å²) >= 11 is 0. The van der Waals surface area contributed by atoms with E-state index < -0.39 is 0 Å². The summed E-state index contributed by atoms with van der Waals surface area (Å²) in [6, 6.07) is 11.8. The lowest BCUT2D eigenvalue weighted by Gasteiger charge is -2.29. The molecule has 0 aliphatic heterocycles. The van der Waals surface area contributed by atoms with Crippen LogP contribution in [0.1, 0.15) is 63.4 Å². The molecule has 1 heteroatoms. The minimum absolute atomic E-state index is 0.779. The van der Waals surface area contributed by atoms with E-state index in [0.29, 0.717) is 0 Å². The molecule has 1 aliphatic carbocycles. The molecule has 18 heavy (non-hydrogen) atoms. The molecule has 0 spiro atoms. The van der Waals surface area contributed by atoms with Crippen molar-refractivity contribution in [2.45, 2.75) is 63.8 Å². The Kier molecular flexibility index (Phi) is 5.73. The van der Waals surface area contributed by atoms with E-state index in [2.05, 4.69) is 42.6 Å². The molecule has 0 unspecified atom stereocenters. The van der Waals surface area contributed by atoms with Crippen LogP contribution in [0.25, 0.3) is 0 Å². The molecule has 1 saturated carbocycles. The zero-order valence-electron chi connectivity index (χ0n) is 11.7. The van der Waals surface area contributed by atoms with Crippen molar-refractivity contribution in [1.29, 1.82) is 0 Å². The van der Waals surface area contributed by atoms with Crippen molar-refractivity contribution in [2.24, 2.45) is 0 Å². The summed E-state index contributed by atoms with van der Waals surface area (Å²) in [7, 11) is 0. The zero-order valence-corrected chi connectivity index (χ0v) is 11.7. The topological polar surface area (TPSA) is 12.0 Å². The molecule has 1 nitrogen and oxygen atoms in total. The van der Waals surface area contributed by atoms with Crippen molar-refractivity contribution >= 4 is 0 Å². The molecule has 0 heterocycles. The van der Waals surface area contributed by atoms with Crippen LogP contribution in [0.3, 0.4) is 0 Å².